The quantitative estimate of drug-likeness (QED) is 0.716. The van der Waals surface area contributed by atoms with Gasteiger partial charge in [0.05, 0.1) is 5.56 Å². The Morgan fingerprint density at radius 2 is 2.00 bits per heavy atom. The Bertz CT molecular complexity index is 844. The molecule has 0 saturated heterocycles. The number of anilines is 1. The van der Waals surface area contributed by atoms with Gasteiger partial charge in [-0.05, 0) is 55.9 Å². The van der Waals surface area contributed by atoms with E-state index in [9.17, 15) is 9.59 Å². The van der Waals surface area contributed by atoms with E-state index in [1.807, 2.05) is 24.3 Å². The van der Waals surface area contributed by atoms with E-state index in [0.29, 0.717) is 22.2 Å². The molecular weight excluding hydrogens is 378 g/mol. The number of fused-ring (bicyclic) bond motifs is 1. The van der Waals surface area contributed by atoms with Crippen LogP contribution in [0.2, 0.25) is 0 Å². The van der Waals surface area contributed by atoms with Crippen molar-refractivity contribution in [1.29, 1.82) is 0 Å². The Kier molecular flexibility index (Phi) is 6.24. The van der Waals surface area contributed by atoms with Crippen LogP contribution in [0.5, 0.6) is 0 Å². The SMILES string of the molecule is CCSc1ccc(C(=O)Nc2sc3c(c2C(N)=O)CCN(C(C)C)C3)cc1. The molecule has 0 aliphatic carbocycles. The second-order valence-electron chi connectivity index (χ2n) is 6.80. The fraction of sp³-hybridized carbons (Fsp3) is 0.400. The molecule has 0 spiro atoms. The molecular formula is C20H25N3O2S2. The number of nitrogens with two attached hydrogens (primary N) is 1. The number of nitrogens with zero attached hydrogens (tertiary/aromatic N) is 1. The van der Waals surface area contributed by atoms with E-state index < -0.39 is 5.91 Å². The summed E-state index contributed by atoms with van der Waals surface area (Å²) in [5.41, 5.74) is 7.69. The molecule has 0 fully saturated rings. The molecule has 144 valence electrons. The van der Waals surface area contributed by atoms with E-state index >= 15 is 0 Å². The van der Waals surface area contributed by atoms with Crippen molar-refractivity contribution < 1.29 is 9.59 Å². The highest BCUT2D eigenvalue weighted by atomic mass is 32.2. The van der Waals surface area contributed by atoms with Crippen LogP contribution in [0.3, 0.4) is 0 Å². The Labute approximate surface area is 168 Å². The van der Waals surface area contributed by atoms with E-state index in [0.717, 1.165) is 40.6 Å². The molecule has 3 N–H and O–H groups in total. The van der Waals surface area contributed by atoms with Crippen molar-refractivity contribution in [3.05, 3.63) is 45.8 Å². The average molecular weight is 404 g/mol. The van der Waals surface area contributed by atoms with Crippen LogP contribution >= 0.6 is 23.1 Å². The molecule has 3 rings (SSSR count). The number of hydrogen-bond donors (Lipinski definition) is 2. The normalized spacial score (nSPS) is 14.2. The molecule has 0 atom stereocenters. The van der Waals surface area contributed by atoms with E-state index in [-0.39, 0.29) is 5.91 Å². The number of primary amides is 1. The lowest BCUT2D eigenvalue weighted by Gasteiger charge is -2.30. The van der Waals surface area contributed by atoms with Gasteiger partial charge >= 0.3 is 0 Å². The molecule has 2 aromatic rings. The summed E-state index contributed by atoms with van der Waals surface area (Å²) in [4.78, 5) is 29.3. The van der Waals surface area contributed by atoms with Gasteiger partial charge in [-0.3, -0.25) is 14.5 Å². The van der Waals surface area contributed by atoms with Gasteiger partial charge in [-0.15, -0.1) is 23.1 Å². The summed E-state index contributed by atoms with van der Waals surface area (Å²) in [6, 6.07) is 7.95. The molecule has 5 nitrogen and oxygen atoms in total. The lowest BCUT2D eigenvalue weighted by molar-refractivity contribution is 0.0999. The lowest BCUT2D eigenvalue weighted by Crippen LogP contribution is -2.35. The smallest absolute Gasteiger partial charge is 0.256 e. The summed E-state index contributed by atoms with van der Waals surface area (Å²) in [7, 11) is 0. The number of thiophene rings is 1. The molecule has 0 radical (unpaired) electrons. The minimum atomic E-state index is -0.476. The van der Waals surface area contributed by atoms with Crippen molar-refractivity contribution >= 4 is 39.9 Å². The first-order valence-corrected chi connectivity index (χ1v) is 10.9. The number of amides is 2. The maximum Gasteiger partial charge on any atom is 0.256 e. The van der Waals surface area contributed by atoms with E-state index in [4.69, 9.17) is 5.73 Å². The maximum atomic E-state index is 12.7. The first-order chi connectivity index (χ1) is 12.9. The van der Waals surface area contributed by atoms with Crippen molar-refractivity contribution in [2.75, 3.05) is 17.6 Å². The standard InChI is InChI=1S/C20H25N3O2S2/c1-4-26-14-7-5-13(6-8-14)19(25)22-20-17(18(21)24)15-9-10-23(12(2)3)11-16(15)27-20/h5-8,12H,4,9-11H2,1-3H3,(H2,21,24)(H,22,25). The van der Waals surface area contributed by atoms with Gasteiger partial charge in [-0.2, -0.15) is 0 Å². The molecule has 27 heavy (non-hydrogen) atoms. The van der Waals surface area contributed by atoms with Crippen molar-refractivity contribution in [3.63, 3.8) is 0 Å². The fourth-order valence-corrected chi connectivity index (χ4v) is 5.19. The molecule has 7 heteroatoms. The topological polar surface area (TPSA) is 75.4 Å². The monoisotopic (exact) mass is 403 g/mol. The van der Waals surface area contributed by atoms with Gasteiger partial charge in [0.2, 0.25) is 0 Å². The van der Waals surface area contributed by atoms with E-state index in [1.165, 1.54) is 11.3 Å². The lowest BCUT2D eigenvalue weighted by atomic mass is 10.0. The average Bonchev–Trinajstić information content (AvgIpc) is 2.99. The molecule has 2 amide bonds. The summed E-state index contributed by atoms with van der Waals surface area (Å²) in [5.74, 6) is 0.294. The Hall–Kier alpha value is -1.83. The van der Waals surface area contributed by atoms with Crippen LogP contribution in [0.4, 0.5) is 5.00 Å². The highest BCUT2D eigenvalue weighted by Gasteiger charge is 2.28. The molecule has 0 bridgehead atoms. The van der Waals surface area contributed by atoms with Crippen LogP contribution in [0, 0.1) is 0 Å². The zero-order valence-electron chi connectivity index (χ0n) is 15.9. The van der Waals surface area contributed by atoms with Crippen LogP contribution in [0.1, 0.15) is 51.9 Å². The molecule has 1 aliphatic heterocycles. The van der Waals surface area contributed by atoms with Crippen molar-refractivity contribution in [1.82, 2.24) is 4.90 Å². The predicted molar refractivity (Wildman–Crippen MR) is 113 cm³/mol. The van der Waals surface area contributed by atoms with Gasteiger partial charge in [0, 0.05) is 34.5 Å². The minimum Gasteiger partial charge on any atom is -0.365 e. The molecule has 0 unspecified atom stereocenters. The highest BCUT2D eigenvalue weighted by molar-refractivity contribution is 7.99. The van der Waals surface area contributed by atoms with Gasteiger partial charge in [0.1, 0.15) is 5.00 Å². The maximum absolute atomic E-state index is 12.7. The number of nitrogens with one attached hydrogen (secondary N) is 1. The van der Waals surface area contributed by atoms with Gasteiger partial charge < -0.3 is 11.1 Å². The number of rotatable bonds is 6. The van der Waals surface area contributed by atoms with Crippen LogP contribution in [0.15, 0.2) is 29.2 Å². The second-order valence-corrected chi connectivity index (χ2v) is 9.24. The van der Waals surface area contributed by atoms with Crippen molar-refractivity contribution in [2.24, 2.45) is 5.73 Å². The van der Waals surface area contributed by atoms with Crippen LogP contribution in [0.25, 0.3) is 0 Å². The number of thioether (sulfide) groups is 1. The molecule has 0 saturated carbocycles. The largest absolute Gasteiger partial charge is 0.365 e. The first kappa shape index (κ1) is 19.9. The third-order valence-electron chi connectivity index (χ3n) is 4.72. The van der Waals surface area contributed by atoms with E-state index in [2.05, 4.69) is 31.0 Å². The number of carbonyl (C=O) groups excluding carboxylic acids is 2. The highest BCUT2D eigenvalue weighted by Crippen LogP contribution is 2.37. The van der Waals surface area contributed by atoms with Crippen molar-refractivity contribution in [3.8, 4) is 0 Å². The number of benzene rings is 1. The van der Waals surface area contributed by atoms with Gasteiger partial charge in [0.15, 0.2) is 0 Å². The molecule has 1 aromatic carbocycles. The second kappa shape index (κ2) is 8.46. The van der Waals surface area contributed by atoms with Crippen LogP contribution in [-0.4, -0.2) is 35.1 Å². The Balaban J connectivity index is 1.84. The number of carbonyl (C=O) groups is 2. The Morgan fingerprint density at radius 1 is 1.30 bits per heavy atom. The van der Waals surface area contributed by atoms with E-state index in [1.54, 1.807) is 11.8 Å². The third-order valence-corrected chi connectivity index (χ3v) is 6.74. The number of hydrogen-bond acceptors (Lipinski definition) is 5. The molecule has 1 aromatic heterocycles. The summed E-state index contributed by atoms with van der Waals surface area (Å²) in [6.45, 7) is 8.10. The van der Waals surface area contributed by atoms with Gasteiger partial charge in [0.25, 0.3) is 11.8 Å². The first-order valence-electron chi connectivity index (χ1n) is 9.13. The Morgan fingerprint density at radius 3 is 2.59 bits per heavy atom. The minimum absolute atomic E-state index is 0.218. The van der Waals surface area contributed by atoms with Gasteiger partial charge in [-0.1, -0.05) is 6.92 Å². The molecule has 2 heterocycles. The van der Waals surface area contributed by atoms with Gasteiger partial charge in [-0.25, -0.2) is 0 Å². The van der Waals surface area contributed by atoms with Crippen molar-refractivity contribution in [2.45, 2.75) is 44.7 Å². The predicted octanol–water partition coefficient (Wildman–Crippen LogP) is 3.98. The third kappa shape index (κ3) is 4.36. The zero-order chi connectivity index (χ0) is 19.6. The molecule has 1 aliphatic rings. The summed E-state index contributed by atoms with van der Waals surface area (Å²) < 4.78 is 0. The fourth-order valence-electron chi connectivity index (χ4n) is 3.26. The summed E-state index contributed by atoms with van der Waals surface area (Å²) in [5, 5.41) is 3.48. The summed E-state index contributed by atoms with van der Waals surface area (Å²) in [6.07, 6.45) is 0.779. The summed E-state index contributed by atoms with van der Waals surface area (Å²) >= 11 is 3.20. The zero-order valence-corrected chi connectivity index (χ0v) is 17.5. The van der Waals surface area contributed by atoms with Crippen LogP contribution < -0.4 is 11.1 Å². The van der Waals surface area contributed by atoms with Crippen LogP contribution in [-0.2, 0) is 13.0 Å².